The second-order valence-corrected chi connectivity index (χ2v) is 5.27. The summed E-state index contributed by atoms with van der Waals surface area (Å²) in [6.07, 6.45) is 4.75. The Balaban J connectivity index is 2.18. The third kappa shape index (κ3) is 6.04. The molecule has 1 heterocycles. The standard InChI is InChI=1S/C14H24N2O4/c1-11(17)15-8-4-2-3-7-13(18)16-9-5-6-12(16)10-14(19)20/h12H,2-10H2,1H3,(H,15,17)(H,19,20). The molecule has 1 saturated heterocycles. The van der Waals surface area contributed by atoms with Crippen molar-refractivity contribution in [1.29, 1.82) is 0 Å². The second-order valence-electron chi connectivity index (χ2n) is 5.27. The van der Waals surface area contributed by atoms with Crippen LogP contribution in [0.4, 0.5) is 0 Å². The number of hydrogen-bond donors (Lipinski definition) is 2. The van der Waals surface area contributed by atoms with E-state index in [-0.39, 0.29) is 24.3 Å². The SMILES string of the molecule is CC(=O)NCCCCCC(=O)N1CCCC1CC(=O)O. The molecule has 1 aliphatic heterocycles. The number of likely N-dealkylation sites (tertiary alicyclic amines) is 1. The van der Waals surface area contributed by atoms with Crippen molar-refractivity contribution in [2.45, 2.75) is 57.9 Å². The molecule has 0 radical (unpaired) electrons. The molecule has 1 rings (SSSR count). The molecule has 0 aliphatic carbocycles. The molecule has 20 heavy (non-hydrogen) atoms. The first-order valence-electron chi connectivity index (χ1n) is 7.26. The van der Waals surface area contributed by atoms with Crippen molar-refractivity contribution in [1.82, 2.24) is 10.2 Å². The van der Waals surface area contributed by atoms with E-state index in [0.29, 0.717) is 19.5 Å². The van der Waals surface area contributed by atoms with Crippen LogP contribution in [0.2, 0.25) is 0 Å². The summed E-state index contributed by atoms with van der Waals surface area (Å²) < 4.78 is 0. The molecule has 6 heteroatoms. The van der Waals surface area contributed by atoms with Crippen LogP contribution in [0.15, 0.2) is 0 Å². The Morgan fingerprint density at radius 1 is 1.25 bits per heavy atom. The Morgan fingerprint density at radius 2 is 2.00 bits per heavy atom. The van der Waals surface area contributed by atoms with Gasteiger partial charge in [-0.25, -0.2) is 0 Å². The van der Waals surface area contributed by atoms with Crippen LogP contribution in [0.1, 0.15) is 51.9 Å². The number of unbranched alkanes of at least 4 members (excludes halogenated alkanes) is 2. The Labute approximate surface area is 119 Å². The van der Waals surface area contributed by atoms with E-state index < -0.39 is 5.97 Å². The van der Waals surface area contributed by atoms with Crippen molar-refractivity contribution < 1.29 is 19.5 Å². The van der Waals surface area contributed by atoms with Crippen LogP contribution in [0, 0.1) is 0 Å². The predicted molar refractivity (Wildman–Crippen MR) is 74.1 cm³/mol. The van der Waals surface area contributed by atoms with E-state index >= 15 is 0 Å². The summed E-state index contributed by atoms with van der Waals surface area (Å²) in [5.74, 6) is -0.812. The van der Waals surface area contributed by atoms with Crippen molar-refractivity contribution in [3.8, 4) is 0 Å². The first kappa shape index (κ1) is 16.5. The van der Waals surface area contributed by atoms with Gasteiger partial charge in [-0.2, -0.15) is 0 Å². The largest absolute Gasteiger partial charge is 0.481 e. The van der Waals surface area contributed by atoms with Crippen molar-refractivity contribution in [2.24, 2.45) is 0 Å². The van der Waals surface area contributed by atoms with Gasteiger partial charge in [0.15, 0.2) is 0 Å². The number of nitrogens with one attached hydrogen (secondary N) is 1. The monoisotopic (exact) mass is 284 g/mol. The minimum absolute atomic E-state index is 0.0327. The maximum Gasteiger partial charge on any atom is 0.305 e. The second kappa shape index (κ2) is 8.55. The lowest BCUT2D eigenvalue weighted by atomic mass is 10.1. The summed E-state index contributed by atoms with van der Waals surface area (Å²) in [6, 6.07) is -0.126. The van der Waals surface area contributed by atoms with Crippen molar-refractivity contribution >= 4 is 17.8 Å². The van der Waals surface area contributed by atoms with Crippen LogP contribution < -0.4 is 5.32 Å². The third-order valence-electron chi connectivity index (χ3n) is 3.55. The Morgan fingerprint density at radius 3 is 2.65 bits per heavy atom. The molecule has 1 unspecified atom stereocenters. The number of nitrogens with zero attached hydrogens (tertiary/aromatic N) is 1. The first-order valence-corrected chi connectivity index (χ1v) is 7.26. The summed E-state index contributed by atoms with van der Waals surface area (Å²) in [4.78, 5) is 35.2. The van der Waals surface area contributed by atoms with Gasteiger partial charge >= 0.3 is 5.97 Å². The van der Waals surface area contributed by atoms with E-state index in [0.717, 1.165) is 32.1 Å². The molecule has 6 nitrogen and oxygen atoms in total. The first-order chi connectivity index (χ1) is 9.50. The average molecular weight is 284 g/mol. The Bertz CT molecular complexity index is 357. The third-order valence-corrected chi connectivity index (χ3v) is 3.55. The van der Waals surface area contributed by atoms with Crippen LogP contribution in [-0.4, -0.2) is 46.9 Å². The zero-order valence-corrected chi connectivity index (χ0v) is 12.1. The van der Waals surface area contributed by atoms with Gasteiger partial charge in [0.05, 0.1) is 6.42 Å². The van der Waals surface area contributed by atoms with Gasteiger partial charge in [-0.05, 0) is 25.7 Å². The fourth-order valence-electron chi connectivity index (χ4n) is 2.56. The number of hydrogen-bond acceptors (Lipinski definition) is 3. The summed E-state index contributed by atoms with van der Waals surface area (Å²) in [6.45, 7) is 2.82. The normalized spacial score (nSPS) is 18.1. The van der Waals surface area contributed by atoms with Crippen LogP contribution in [0.3, 0.4) is 0 Å². The molecule has 1 atom stereocenters. The topological polar surface area (TPSA) is 86.7 Å². The molecule has 0 aromatic carbocycles. The molecule has 0 aromatic heterocycles. The number of aliphatic carboxylic acids is 1. The lowest BCUT2D eigenvalue weighted by Crippen LogP contribution is -2.36. The van der Waals surface area contributed by atoms with Crippen LogP contribution in [0.25, 0.3) is 0 Å². The minimum Gasteiger partial charge on any atom is -0.481 e. The lowest BCUT2D eigenvalue weighted by molar-refractivity contribution is -0.140. The van der Waals surface area contributed by atoms with E-state index in [1.165, 1.54) is 6.92 Å². The van der Waals surface area contributed by atoms with Gasteiger partial charge in [0.25, 0.3) is 0 Å². The predicted octanol–water partition coefficient (Wildman–Crippen LogP) is 1.15. The molecule has 1 aliphatic rings. The smallest absolute Gasteiger partial charge is 0.305 e. The molecule has 0 saturated carbocycles. The molecular formula is C14H24N2O4. The molecule has 2 amide bonds. The molecule has 114 valence electrons. The van der Waals surface area contributed by atoms with E-state index in [1.807, 2.05) is 0 Å². The molecule has 0 bridgehead atoms. The number of carboxylic acid groups (broad SMARTS) is 1. The van der Waals surface area contributed by atoms with Crippen LogP contribution in [0.5, 0.6) is 0 Å². The highest BCUT2D eigenvalue weighted by Gasteiger charge is 2.29. The van der Waals surface area contributed by atoms with Gasteiger partial charge in [0.1, 0.15) is 0 Å². The fraction of sp³-hybridized carbons (Fsp3) is 0.786. The highest BCUT2D eigenvalue weighted by molar-refractivity contribution is 5.78. The van der Waals surface area contributed by atoms with Gasteiger partial charge < -0.3 is 15.3 Å². The van der Waals surface area contributed by atoms with Gasteiger partial charge in [-0.3, -0.25) is 14.4 Å². The van der Waals surface area contributed by atoms with Crippen LogP contribution in [-0.2, 0) is 14.4 Å². The number of rotatable bonds is 8. The maximum atomic E-state index is 12.0. The maximum absolute atomic E-state index is 12.0. The zero-order valence-electron chi connectivity index (χ0n) is 12.1. The molecule has 0 aromatic rings. The molecule has 0 spiro atoms. The van der Waals surface area contributed by atoms with Gasteiger partial charge in [-0.1, -0.05) is 6.42 Å². The van der Waals surface area contributed by atoms with Crippen LogP contribution >= 0.6 is 0 Å². The average Bonchev–Trinajstić information content (AvgIpc) is 2.80. The van der Waals surface area contributed by atoms with E-state index in [1.54, 1.807) is 4.90 Å². The molecule has 1 fully saturated rings. The van der Waals surface area contributed by atoms with E-state index in [2.05, 4.69) is 5.32 Å². The highest BCUT2D eigenvalue weighted by atomic mass is 16.4. The van der Waals surface area contributed by atoms with Gasteiger partial charge in [0, 0.05) is 32.5 Å². The highest BCUT2D eigenvalue weighted by Crippen LogP contribution is 2.21. The van der Waals surface area contributed by atoms with Gasteiger partial charge in [0.2, 0.25) is 11.8 Å². The number of carboxylic acids is 1. The number of carbonyl (C=O) groups excluding carboxylic acids is 2. The number of amides is 2. The zero-order chi connectivity index (χ0) is 15.0. The fourth-order valence-corrected chi connectivity index (χ4v) is 2.56. The number of carbonyl (C=O) groups is 3. The summed E-state index contributed by atoms with van der Waals surface area (Å²) in [5, 5.41) is 11.5. The summed E-state index contributed by atoms with van der Waals surface area (Å²) in [7, 11) is 0. The minimum atomic E-state index is -0.843. The Hall–Kier alpha value is -1.59. The van der Waals surface area contributed by atoms with E-state index in [4.69, 9.17) is 5.11 Å². The van der Waals surface area contributed by atoms with E-state index in [9.17, 15) is 14.4 Å². The summed E-state index contributed by atoms with van der Waals surface area (Å²) >= 11 is 0. The van der Waals surface area contributed by atoms with Gasteiger partial charge in [-0.15, -0.1) is 0 Å². The quantitative estimate of drug-likeness (QED) is 0.655. The summed E-state index contributed by atoms with van der Waals surface area (Å²) in [5.41, 5.74) is 0. The van der Waals surface area contributed by atoms with Crippen molar-refractivity contribution in [3.05, 3.63) is 0 Å². The lowest BCUT2D eigenvalue weighted by Gasteiger charge is -2.23. The van der Waals surface area contributed by atoms with Crippen molar-refractivity contribution in [3.63, 3.8) is 0 Å². The van der Waals surface area contributed by atoms with Crippen molar-refractivity contribution in [2.75, 3.05) is 13.1 Å². The molecule has 2 N–H and O–H groups in total. The molecular weight excluding hydrogens is 260 g/mol. The Kier molecular flexibility index (Phi) is 7.04.